The molecule has 0 atom stereocenters. The molecule has 21 heavy (non-hydrogen) atoms. The summed E-state index contributed by atoms with van der Waals surface area (Å²) in [6.45, 7) is 0.483. The number of benzene rings is 1. The molecule has 8 heteroatoms. The van der Waals surface area contributed by atoms with Crippen LogP contribution in [-0.2, 0) is 11.3 Å². The van der Waals surface area contributed by atoms with Crippen LogP contribution >= 0.6 is 0 Å². The first-order chi connectivity index (χ1) is 10.3. The van der Waals surface area contributed by atoms with Gasteiger partial charge >= 0.3 is 0 Å². The van der Waals surface area contributed by atoms with Crippen LogP contribution in [0.2, 0.25) is 0 Å². The summed E-state index contributed by atoms with van der Waals surface area (Å²) in [7, 11) is 0. The average molecular weight is 283 g/mol. The molecule has 8 nitrogen and oxygen atoms in total. The second kappa shape index (κ2) is 5.95. The fraction of sp³-hybridized carbons (Fsp3) is 0.154. The number of rotatable bonds is 5. The van der Waals surface area contributed by atoms with Gasteiger partial charge in [-0.05, 0) is 12.1 Å². The third-order valence-electron chi connectivity index (χ3n) is 2.88. The van der Waals surface area contributed by atoms with Crippen LogP contribution in [0, 0.1) is 0 Å². The highest BCUT2D eigenvalue weighted by atomic mass is 16.1. The minimum atomic E-state index is -0.0990. The Morgan fingerprint density at radius 3 is 2.67 bits per heavy atom. The molecule has 0 unspecified atom stereocenters. The highest BCUT2D eigenvalue weighted by molar-refractivity contribution is 5.92. The van der Waals surface area contributed by atoms with Gasteiger partial charge in [0.25, 0.3) is 0 Å². The van der Waals surface area contributed by atoms with Gasteiger partial charge in [-0.3, -0.25) is 9.48 Å². The normalized spacial score (nSPS) is 10.5. The second-order valence-electron chi connectivity index (χ2n) is 4.31. The molecule has 0 spiro atoms. The van der Waals surface area contributed by atoms with E-state index in [0.717, 1.165) is 5.69 Å². The topological polar surface area (TPSA) is 90.5 Å². The van der Waals surface area contributed by atoms with Crippen LogP contribution in [-0.4, -0.2) is 35.4 Å². The number of amides is 1. The summed E-state index contributed by atoms with van der Waals surface area (Å²) in [4.78, 5) is 19.8. The minimum Gasteiger partial charge on any atom is -0.324 e. The van der Waals surface area contributed by atoms with E-state index >= 15 is 0 Å². The van der Waals surface area contributed by atoms with Gasteiger partial charge in [0.1, 0.15) is 25.3 Å². The summed E-state index contributed by atoms with van der Waals surface area (Å²) in [5.41, 5.74) is 1.45. The van der Waals surface area contributed by atoms with E-state index in [1.807, 2.05) is 24.3 Å². The average Bonchev–Trinajstić information content (AvgIpc) is 3.19. The fourth-order valence-electron chi connectivity index (χ4n) is 1.89. The minimum absolute atomic E-state index is 0.0990. The second-order valence-corrected chi connectivity index (χ2v) is 4.31. The quantitative estimate of drug-likeness (QED) is 0.751. The van der Waals surface area contributed by atoms with Crippen molar-refractivity contribution in [2.45, 2.75) is 13.0 Å². The molecule has 0 saturated carbocycles. The number of carbonyl (C=O) groups excluding carboxylic acids is 1. The number of carbonyl (C=O) groups is 1. The lowest BCUT2D eigenvalue weighted by molar-refractivity contribution is -0.116. The molecule has 1 aromatic carbocycles. The van der Waals surface area contributed by atoms with E-state index in [2.05, 4.69) is 25.5 Å². The van der Waals surface area contributed by atoms with Gasteiger partial charge in [0.15, 0.2) is 0 Å². The SMILES string of the molecule is O=C(CCn1cncn1)Nc1ccccc1-n1cncn1. The highest BCUT2D eigenvalue weighted by Gasteiger charge is 2.08. The Labute approximate surface area is 120 Å². The smallest absolute Gasteiger partial charge is 0.226 e. The predicted octanol–water partition coefficient (Wildman–Crippen LogP) is 0.888. The van der Waals surface area contributed by atoms with Crippen molar-refractivity contribution in [3.05, 3.63) is 49.6 Å². The maximum Gasteiger partial charge on any atom is 0.226 e. The summed E-state index contributed by atoms with van der Waals surface area (Å²) >= 11 is 0. The number of aromatic nitrogens is 6. The maximum atomic E-state index is 12.0. The largest absolute Gasteiger partial charge is 0.324 e. The van der Waals surface area contributed by atoms with E-state index in [1.165, 1.54) is 12.7 Å². The molecular weight excluding hydrogens is 270 g/mol. The van der Waals surface area contributed by atoms with Crippen molar-refractivity contribution in [1.82, 2.24) is 29.5 Å². The molecule has 2 aromatic heterocycles. The molecule has 0 fully saturated rings. The van der Waals surface area contributed by atoms with E-state index in [9.17, 15) is 4.79 Å². The van der Waals surface area contributed by atoms with Gasteiger partial charge in [-0.1, -0.05) is 12.1 Å². The fourth-order valence-corrected chi connectivity index (χ4v) is 1.89. The van der Waals surface area contributed by atoms with Gasteiger partial charge in [0, 0.05) is 6.42 Å². The molecule has 0 saturated heterocycles. The van der Waals surface area contributed by atoms with E-state index in [1.54, 1.807) is 22.0 Å². The zero-order valence-corrected chi connectivity index (χ0v) is 11.1. The van der Waals surface area contributed by atoms with Gasteiger partial charge in [-0.25, -0.2) is 14.6 Å². The molecule has 0 radical (unpaired) electrons. The molecule has 1 N–H and O–H groups in total. The zero-order chi connectivity index (χ0) is 14.5. The van der Waals surface area contributed by atoms with Gasteiger partial charge in [0.05, 0.1) is 17.9 Å². The molecule has 3 rings (SSSR count). The number of hydrogen-bond acceptors (Lipinski definition) is 5. The van der Waals surface area contributed by atoms with Crippen LogP contribution in [0.15, 0.2) is 49.6 Å². The van der Waals surface area contributed by atoms with Gasteiger partial charge in [0.2, 0.25) is 5.91 Å². The Morgan fingerprint density at radius 2 is 1.90 bits per heavy atom. The number of aryl methyl sites for hydroxylation is 1. The van der Waals surface area contributed by atoms with Crippen LogP contribution in [0.3, 0.4) is 0 Å². The van der Waals surface area contributed by atoms with Crippen LogP contribution in [0.4, 0.5) is 5.69 Å². The van der Waals surface area contributed by atoms with E-state index in [0.29, 0.717) is 18.7 Å². The standard InChI is InChI=1S/C13H13N7O/c21-13(5-6-19-9-14-7-16-19)18-11-3-1-2-4-12(11)20-10-15-8-17-20/h1-4,7-10H,5-6H2,(H,18,21). The third-order valence-corrected chi connectivity index (χ3v) is 2.88. The van der Waals surface area contributed by atoms with Gasteiger partial charge in [-0.2, -0.15) is 10.2 Å². The summed E-state index contributed by atoms with van der Waals surface area (Å²) < 4.78 is 3.22. The number of nitrogens with one attached hydrogen (secondary N) is 1. The van der Waals surface area contributed by atoms with E-state index < -0.39 is 0 Å². The molecule has 0 bridgehead atoms. The number of para-hydroxylation sites is 2. The number of anilines is 1. The highest BCUT2D eigenvalue weighted by Crippen LogP contribution is 2.18. The van der Waals surface area contributed by atoms with Crippen LogP contribution in [0.1, 0.15) is 6.42 Å². The Hall–Kier alpha value is -3.03. The Balaban J connectivity index is 1.69. The van der Waals surface area contributed by atoms with Crippen LogP contribution in [0.5, 0.6) is 0 Å². The first kappa shape index (κ1) is 13.0. The van der Waals surface area contributed by atoms with Gasteiger partial charge in [-0.15, -0.1) is 0 Å². The van der Waals surface area contributed by atoms with Crippen molar-refractivity contribution in [3.8, 4) is 5.69 Å². The van der Waals surface area contributed by atoms with Crippen LogP contribution in [0.25, 0.3) is 5.69 Å². The predicted molar refractivity (Wildman–Crippen MR) is 74.6 cm³/mol. The van der Waals surface area contributed by atoms with Crippen molar-refractivity contribution >= 4 is 11.6 Å². The Morgan fingerprint density at radius 1 is 1.10 bits per heavy atom. The molecule has 0 aliphatic carbocycles. The van der Waals surface area contributed by atoms with Crippen molar-refractivity contribution in [2.75, 3.05) is 5.32 Å². The van der Waals surface area contributed by atoms with Gasteiger partial charge < -0.3 is 5.32 Å². The maximum absolute atomic E-state index is 12.0. The Kier molecular flexibility index (Phi) is 3.68. The summed E-state index contributed by atoms with van der Waals surface area (Å²) in [6, 6.07) is 7.42. The lowest BCUT2D eigenvalue weighted by Gasteiger charge is -2.10. The third kappa shape index (κ3) is 3.11. The molecular formula is C13H13N7O. The molecule has 106 valence electrons. The van der Waals surface area contributed by atoms with Crippen molar-refractivity contribution in [3.63, 3.8) is 0 Å². The lowest BCUT2D eigenvalue weighted by atomic mass is 10.2. The van der Waals surface area contributed by atoms with Crippen molar-refractivity contribution < 1.29 is 4.79 Å². The molecule has 2 heterocycles. The summed E-state index contributed by atoms with van der Waals surface area (Å²) in [6.07, 6.45) is 6.37. The van der Waals surface area contributed by atoms with Crippen molar-refractivity contribution in [2.24, 2.45) is 0 Å². The molecule has 1 amide bonds. The number of hydrogen-bond donors (Lipinski definition) is 1. The zero-order valence-electron chi connectivity index (χ0n) is 11.1. The lowest BCUT2D eigenvalue weighted by Crippen LogP contribution is -2.16. The summed E-state index contributed by atoms with van der Waals surface area (Å²) in [5.74, 6) is -0.0990. The number of nitrogens with zero attached hydrogens (tertiary/aromatic N) is 6. The molecule has 0 aliphatic rings. The summed E-state index contributed by atoms with van der Waals surface area (Å²) in [5, 5.41) is 10.9. The molecule has 0 aliphatic heterocycles. The van der Waals surface area contributed by atoms with Crippen molar-refractivity contribution in [1.29, 1.82) is 0 Å². The van der Waals surface area contributed by atoms with Crippen LogP contribution < -0.4 is 5.32 Å². The Bertz CT molecular complexity index is 706. The first-order valence-corrected chi connectivity index (χ1v) is 6.39. The first-order valence-electron chi connectivity index (χ1n) is 6.39. The van der Waals surface area contributed by atoms with E-state index in [4.69, 9.17) is 0 Å². The van der Waals surface area contributed by atoms with E-state index in [-0.39, 0.29) is 5.91 Å². The molecule has 3 aromatic rings. The monoisotopic (exact) mass is 283 g/mol.